The first-order chi connectivity index (χ1) is 4.22. The monoisotopic (exact) mass is 218 g/mol. The van der Waals surface area contributed by atoms with Crippen LogP contribution in [0.1, 0.15) is 0 Å². The van der Waals surface area contributed by atoms with Crippen LogP contribution in [0.2, 0.25) is 5.02 Å². The number of hydrogen-bond acceptors (Lipinski definition) is 1. The molecule has 0 spiro atoms. The van der Waals surface area contributed by atoms with Gasteiger partial charge in [-0.2, -0.15) is 0 Å². The highest BCUT2D eigenvalue weighted by molar-refractivity contribution is 8.11. The molecule has 0 radical (unpaired) electrons. The van der Waals surface area contributed by atoms with Crippen molar-refractivity contribution in [2.24, 2.45) is 0 Å². The molecule has 0 atom stereocenters. The molecule has 5 heteroatoms. The van der Waals surface area contributed by atoms with Crippen molar-refractivity contribution in [2.45, 2.75) is 0 Å². The van der Waals surface area contributed by atoms with Crippen molar-refractivity contribution < 1.29 is 0 Å². The molecule has 0 amide bonds. The van der Waals surface area contributed by atoms with Gasteiger partial charge >= 0.3 is 0 Å². The maximum absolute atomic E-state index is 5.69. The third-order valence-corrected chi connectivity index (χ3v) is 5.05. The predicted molar refractivity (Wildman–Crippen MR) is 47.6 cm³/mol. The van der Waals surface area contributed by atoms with Crippen LogP contribution in [-0.4, -0.2) is 0 Å². The van der Waals surface area contributed by atoms with Crippen molar-refractivity contribution in [2.75, 3.05) is 0 Å². The molecule has 0 N–H and O–H groups in total. The topological polar surface area (TPSA) is 0 Å². The summed E-state index contributed by atoms with van der Waals surface area (Å²) in [5.41, 5.74) is 0. The Labute approximate surface area is 73.1 Å². The molecule has 1 aromatic rings. The van der Waals surface area contributed by atoms with E-state index in [1.807, 2.05) is 5.38 Å². The molecule has 9 heavy (non-hydrogen) atoms. The molecule has 0 unspecified atom stereocenters. The average molecular weight is 219 g/mol. The first-order valence-electron chi connectivity index (χ1n) is 2.06. The SMILES string of the molecule is Clc1ccsc1P(Cl)Cl. The summed E-state index contributed by atoms with van der Waals surface area (Å²) in [6, 6.07) is 1.79. The molecular formula is C4H2Cl3PS. The van der Waals surface area contributed by atoms with Crippen LogP contribution in [0.5, 0.6) is 0 Å². The molecule has 0 aromatic carbocycles. The fourth-order valence-corrected chi connectivity index (χ4v) is 3.71. The lowest BCUT2D eigenvalue weighted by Gasteiger charge is -1.93. The molecule has 1 heterocycles. The lowest BCUT2D eigenvalue weighted by atomic mass is 10.7. The van der Waals surface area contributed by atoms with Gasteiger partial charge in [-0.15, -0.1) is 11.3 Å². The van der Waals surface area contributed by atoms with E-state index in [1.54, 1.807) is 6.07 Å². The van der Waals surface area contributed by atoms with Crippen LogP contribution in [0.3, 0.4) is 0 Å². The van der Waals surface area contributed by atoms with Crippen molar-refractivity contribution in [3.8, 4) is 0 Å². The number of rotatable bonds is 1. The molecule has 1 aromatic heterocycles. The summed E-state index contributed by atoms with van der Waals surface area (Å²) < 4.78 is 0.884. The Morgan fingerprint density at radius 1 is 1.44 bits per heavy atom. The minimum atomic E-state index is -1.05. The predicted octanol–water partition coefficient (Wildman–Crippen LogP) is 3.82. The van der Waals surface area contributed by atoms with E-state index >= 15 is 0 Å². The first kappa shape index (κ1) is 8.10. The Hall–Kier alpha value is 1.00. The van der Waals surface area contributed by atoms with E-state index in [4.69, 9.17) is 34.1 Å². The van der Waals surface area contributed by atoms with Gasteiger partial charge < -0.3 is 0 Å². The molecule has 0 aliphatic carbocycles. The van der Waals surface area contributed by atoms with E-state index in [2.05, 4.69) is 0 Å². The van der Waals surface area contributed by atoms with Gasteiger partial charge in [0.05, 0.1) is 9.64 Å². The fraction of sp³-hybridized carbons (Fsp3) is 0. The Morgan fingerprint density at radius 2 is 2.11 bits per heavy atom. The van der Waals surface area contributed by atoms with E-state index in [9.17, 15) is 0 Å². The largest absolute Gasteiger partial charge is 0.140 e. The fourth-order valence-electron chi connectivity index (χ4n) is 0.406. The van der Waals surface area contributed by atoms with Gasteiger partial charge in [-0.25, -0.2) is 0 Å². The first-order valence-corrected chi connectivity index (χ1v) is 6.47. The van der Waals surface area contributed by atoms with Gasteiger partial charge in [0.25, 0.3) is 0 Å². The van der Waals surface area contributed by atoms with E-state index in [0.29, 0.717) is 5.02 Å². The molecule has 0 aliphatic heterocycles. The Kier molecular flexibility index (Phi) is 3.07. The minimum Gasteiger partial charge on any atom is -0.140 e. The molecule has 0 saturated heterocycles. The number of thiophene rings is 1. The van der Waals surface area contributed by atoms with Gasteiger partial charge in [0, 0.05) is 0 Å². The van der Waals surface area contributed by atoms with Gasteiger partial charge in [-0.3, -0.25) is 0 Å². The van der Waals surface area contributed by atoms with Crippen molar-refractivity contribution in [1.29, 1.82) is 0 Å². The molecular weight excluding hydrogens is 217 g/mol. The maximum atomic E-state index is 5.69. The highest BCUT2D eigenvalue weighted by Crippen LogP contribution is 2.48. The smallest absolute Gasteiger partial charge is 0.128 e. The summed E-state index contributed by atoms with van der Waals surface area (Å²) in [5, 5.41) is 2.55. The van der Waals surface area contributed by atoms with Crippen molar-refractivity contribution in [1.82, 2.24) is 0 Å². The second-order valence-corrected chi connectivity index (χ2v) is 6.39. The molecule has 0 fully saturated rings. The lowest BCUT2D eigenvalue weighted by Crippen LogP contribution is -1.84. The molecule has 0 nitrogen and oxygen atoms in total. The summed E-state index contributed by atoms with van der Waals surface area (Å²) in [7, 11) is 0. The summed E-state index contributed by atoms with van der Waals surface area (Å²) in [4.78, 5) is 0. The highest BCUT2D eigenvalue weighted by atomic mass is 35.9. The summed E-state index contributed by atoms with van der Waals surface area (Å²) >= 11 is 18.4. The zero-order valence-electron chi connectivity index (χ0n) is 4.14. The van der Waals surface area contributed by atoms with Crippen LogP contribution in [0.25, 0.3) is 0 Å². The van der Waals surface area contributed by atoms with E-state index in [0.717, 1.165) is 4.62 Å². The molecule has 50 valence electrons. The van der Waals surface area contributed by atoms with Crippen LogP contribution in [-0.2, 0) is 0 Å². The summed E-state index contributed by atoms with van der Waals surface area (Å²) in [6.07, 6.45) is 0. The normalized spacial score (nSPS) is 10.7. The minimum absolute atomic E-state index is 0.677. The highest BCUT2D eigenvalue weighted by Gasteiger charge is 2.08. The van der Waals surface area contributed by atoms with Gasteiger partial charge in [-0.05, 0) is 11.4 Å². The number of halogens is 3. The van der Waals surface area contributed by atoms with Gasteiger partial charge in [0.15, 0.2) is 0 Å². The van der Waals surface area contributed by atoms with Crippen molar-refractivity contribution in [3.05, 3.63) is 16.5 Å². The molecule has 0 aliphatic rings. The zero-order chi connectivity index (χ0) is 6.85. The molecule has 0 bridgehead atoms. The lowest BCUT2D eigenvalue weighted by molar-refractivity contribution is 2.06. The van der Waals surface area contributed by atoms with Gasteiger partial charge in [0.2, 0.25) is 0 Å². The zero-order valence-corrected chi connectivity index (χ0v) is 8.12. The number of hydrogen-bond donors (Lipinski definition) is 0. The molecule has 0 saturated carbocycles. The second-order valence-electron chi connectivity index (χ2n) is 1.31. The van der Waals surface area contributed by atoms with Crippen molar-refractivity contribution in [3.63, 3.8) is 0 Å². The third kappa shape index (κ3) is 1.96. The van der Waals surface area contributed by atoms with Crippen LogP contribution in [0.15, 0.2) is 11.4 Å². The Balaban J connectivity index is 2.94. The van der Waals surface area contributed by atoms with Crippen LogP contribution < -0.4 is 4.62 Å². The van der Waals surface area contributed by atoms with Gasteiger partial charge in [0.1, 0.15) is 6.63 Å². The molecule has 1 rings (SSSR count). The standard InChI is InChI=1S/C4H2Cl3PS/c5-3-1-2-9-4(3)8(6)7/h1-2H. The maximum Gasteiger partial charge on any atom is 0.128 e. The quantitative estimate of drug-likeness (QED) is 0.630. The van der Waals surface area contributed by atoms with Crippen LogP contribution >= 0.6 is 52.0 Å². The summed E-state index contributed by atoms with van der Waals surface area (Å²) in [5.74, 6) is 0. The van der Waals surface area contributed by atoms with E-state index in [1.165, 1.54) is 11.3 Å². The van der Waals surface area contributed by atoms with Crippen molar-refractivity contribution >= 4 is 56.7 Å². The summed E-state index contributed by atoms with van der Waals surface area (Å²) in [6.45, 7) is -1.05. The van der Waals surface area contributed by atoms with E-state index < -0.39 is 6.63 Å². The Bertz CT molecular complexity index is 197. The van der Waals surface area contributed by atoms with E-state index in [-0.39, 0.29) is 0 Å². The van der Waals surface area contributed by atoms with Crippen LogP contribution in [0.4, 0.5) is 0 Å². The Morgan fingerprint density at radius 3 is 2.33 bits per heavy atom. The third-order valence-electron chi connectivity index (χ3n) is 0.752. The van der Waals surface area contributed by atoms with Crippen LogP contribution in [0, 0.1) is 0 Å². The average Bonchev–Trinajstić information content (AvgIpc) is 2.13. The van der Waals surface area contributed by atoms with Gasteiger partial charge in [-0.1, -0.05) is 34.1 Å². The second kappa shape index (κ2) is 3.41.